The summed E-state index contributed by atoms with van der Waals surface area (Å²) in [5.74, 6) is 0.453. The summed E-state index contributed by atoms with van der Waals surface area (Å²) in [5, 5.41) is 0. The number of allylic oxidation sites excluding steroid dienone is 1. The van der Waals surface area contributed by atoms with Crippen molar-refractivity contribution in [2.45, 2.75) is 31.2 Å². The monoisotopic (exact) mass is 292 g/mol. The van der Waals surface area contributed by atoms with Crippen molar-refractivity contribution in [3.8, 4) is 0 Å². The maximum absolute atomic E-state index is 12.2. The van der Waals surface area contributed by atoms with Gasteiger partial charge in [0.15, 0.2) is 0 Å². The van der Waals surface area contributed by atoms with E-state index in [1.807, 2.05) is 0 Å². The maximum atomic E-state index is 12.2. The molecule has 5 rings (SSSR count). The Bertz CT molecular complexity index is 735. The molecule has 1 aromatic rings. The van der Waals surface area contributed by atoms with Crippen LogP contribution in [0.1, 0.15) is 25.3 Å². The summed E-state index contributed by atoms with van der Waals surface area (Å²) in [6, 6.07) is 8.91. The van der Waals surface area contributed by atoms with Gasteiger partial charge in [-0.05, 0) is 37.3 Å². The third kappa shape index (κ3) is 1.28. The van der Waals surface area contributed by atoms with Crippen LogP contribution in [0.3, 0.4) is 0 Å². The van der Waals surface area contributed by atoms with Crippen molar-refractivity contribution in [1.29, 1.82) is 0 Å². The maximum Gasteiger partial charge on any atom is 0.124 e. The molecule has 0 spiro atoms. The van der Waals surface area contributed by atoms with Gasteiger partial charge >= 0.3 is 0 Å². The second-order valence-corrected chi connectivity index (χ2v) is 7.09. The number of para-hydroxylation sites is 1. The van der Waals surface area contributed by atoms with Gasteiger partial charge in [-0.2, -0.15) is 0 Å². The Labute approximate surface area is 130 Å². The fourth-order valence-electron chi connectivity index (χ4n) is 5.55. The topological polar surface area (TPSA) is 32.7 Å². The molecule has 0 unspecified atom stereocenters. The molecule has 22 heavy (non-hydrogen) atoms. The third-order valence-corrected chi connectivity index (χ3v) is 6.49. The Kier molecular flexibility index (Phi) is 2.42. The Hall–Kier alpha value is -1.74. The second kappa shape index (κ2) is 4.17. The van der Waals surface area contributed by atoms with E-state index in [1.54, 1.807) is 0 Å². The van der Waals surface area contributed by atoms with Gasteiger partial charge in [-0.1, -0.05) is 29.8 Å². The number of aliphatic imine (C=N–C) groups is 1. The molecule has 3 nitrogen and oxygen atoms in total. The summed E-state index contributed by atoms with van der Waals surface area (Å²) < 4.78 is 0. The molecule has 3 bridgehead atoms. The summed E-state index contributed by atoms with van der Waals surface area (Å²) in [4.78, 5) is 19.8. The van der Waals surface area contributed by atoms with E-state index >= 15 is 0 Å². The Balaban J connectivity index is 1.79. The fraction of sp³-hybridized carbons (Fsp3) is 0.474. The average molecular weight is 292 g/mol. The summed E-state index contributed by atoms with van der Waals surface area (Å²) in [5.41, 5.74) is 5.01. The number of rotatable bonds is 1. The highest BCUT2D eigenvalue weighted by molar-refractivity contribution is 6.08. The molecule has 3 fully saturated rings. The minimum absolute atomic E-state index is 0.0554. The number of benzene rings is 1. The number of aldehydes is 1. The first-order chi connectivity index (χ1) is 10.8. The van der Waals surface area contributed by atoms with Crippen LogP contribution in [-0.4, -0.2) is 36.0 Å². The van der Waals surface area contributed by atoms with Crippen LogP contribution >= 0.6 is 0 Å². The predicted molar refractivity (Wildman–Crippen MR) is 86.6 cm³/mol. The summed E-state index contributed by atoms with van der Waals surface area (Å²) >= 11 is 0. The van der Waals surface area contributed by atoms with Crippen LogP contribution in [0.25, 0.3) is 0 Å². The molecule has 1 aliphatic carbocycles. The van der Waals surface area contributed by atoms with Crippen molar-refractivity contribution < 1.29 is 4.79 Å². The molecule has 3 heteroatoms. The Morgan fingerprint density at radius 2 is 2.23 bits per heavy atom. The highest BCUT2D eigenvalue weighted by Gasteiger charge is 2.62. The van der Waals surface area contributed by atoms with Gasteiger partial charge in [-0.3, -0.25) is 9.89 Å². The third-order valence-electron chi connectivity index (χ3n) is 6.49. The minimum atomic E-state index is -0.128. The first-order valence-electron chi connectivity index (χ1n) is 8.32. The van der Waals surface area contributed by atoms with Crippen molar-refractivity contribution in [1.82, 2.24) is 4.90 Å². The van der Waals surface area contributed by atoms with Crippen LogP contribution in [0.15, 0.2) is 40.9 Å². The average Bonchev–Trinajstić information content (AvgIpc) is 2.90. The van der Waals surface area contributed by atoms with E-state index in [4.69, 9.17) is 4.99 Å². The number of piperidine rings is 2. The van der Waals surface area contributed by atoms with Gasteiger partial charge in [0.2, 0.25) is 0 Å². The largest absolute Gasteiger partial charge is 0.303 e. The lowest BCUT2D eigenvalue weighted by atomic mass is 9.51. The quantitative estimate of drug-likeness (QED) is 0.589. The Morgan fingerprint density at radius 1 is 1.36 bits per heavy atom. The van der Waals surface area contributed by atoms with E-state index in [9.17, 15) is 4.79 Å². The van der Waals surface area contributed by atoms with Gasteiger partial charge in [0, 0.05) is 36.2 Å². The molecule has 3 heterocycles. The highest BCUT2D eigenvalue weighted by atomic mass is 16.1. The van der Waals surface area contributed by atoms with E-state index in [1.165, 1.54) is 23.1 Å². The van der Waals surface area contributed by atoms with Crippen LogP contribution in [0.2, 0.25) is 0 Å². The molecule has 0 amide bonds. The number of hydrogen-bond acceptors (Lipinski definition) is 3. The number of carbonyl (C=O) groups is 1. The van der Waals surface area contributed by atoms with E-state index in [-0.39, 0.29) is 11.3 Å². The van der Waals surface area contributed by atoms with Crippen LogP contribution in [0.5, 0.6) is 0 Å². The molecule has 0 N–H and O–H groups in total. The number of hydrogen-bond donors (Lipinski definition) is 0. The van der Waals surface area contributed by atoms with Crippen LogP contribution < -0.4 is 0 Å². The normalized spacial score (nSPS) is 40.3. The molecule has 4 aliphatic rings. The first-order valence-corrected chi connectivity index (χ1v) is 8.32. The van der Waals surface area contributed by atoms with Gasteiger partial charge in [0.05, 0.1) is 5.69 Å². The molecule has 1 saturated carbocycles. The van der Waals surface area contributed by atoms with Crippen LogP contribution in [0, 0.1) is 11.8 Å². The number of carbonyl (C=O) groups excluding carboxylic acids is 1. The van der Waals surface area contributed by atoms with E-state index in [0.29, 0.717) is 12.0 Å². The van der Waals surface area contributed by atoms with Crippen molar-refractivity contribution in [3.63, 3.8) is 0 Å². The molecule has 4 atom stereocenters. The van der Waals surface area contributed by atoms with Crippen LogP contribution in [0.4, 0.5) is 5.69 Å². The first kappa shape index (κ1) is 12.8. The lowest BCUT2D eigenvalue weighted by molar-refractivity contribution is -0.116. The zero-order valence-corrected chi connectivity index (χ0v) is 12.8. The van der Waals surface area contributed by atoms with Crippen molar-refractivity contribution >= 4 is 17.7 Å². The molecule has 3 aliphatic heterocycles. The Morgan fingerprint density at radius 3 is 3.05 bits per heavy atom. The number of fused-ring (bicyclic) bond motifs is 2. The summed E-state index contributed by atoms with van der Waals surface area (Å²) in [6.45, 7) is 4.21. The van der Waals surface area contributed by atoms with Crippen molar-refractivity contribution in [3.05, 3.63) is 41.5 Å². The molecule has 2 saturated heterocycles. The van der Waals surface area contributed by atoms with Gasteiger partial charge < -0.3 is 4.79 Å². The van der Waals surface area contributed by atoms with Gasteiger partial charge in [-0.15, -0.1) is 0 Å². The molecular weight excluding hydrogens is 272 g/mol. The zero-order chi connectivity index (χ0) is 14.9. The molecule has 112 valence electrons. The van der Waals surface area contributed by atoms with E-state index < -0.39 is 0 Å². The highest BCUT2D eigenvalue weighted by Crippen LogP contribution is 2.59. The molecule has 1 aromatic carbocycles. The second-order valence-electron chi connectivity index (χ2n) is 7.09. The summed E-state index contributed by atoms with van der Waals surface area (Å²) in [6.07, 6.45) is 5.59. The van der Waals surface area contributed by atoms with Crippen molar-refractivity contribution in [2.75, 3.05) is 13.1 Å². The zero-order valence-electron chi connectivity index (χ0n) is 12.8. The molecule has 0 radical (unpaired) electrons. The van der Waals surface area contributed by atoms with Gasteiger partial charge in [0.25, 0.3) is 0 Å². The summed E-state index contributed by atoms with van der Waals surface area (Å²) in [7, 11) is 0. The van der Waals surface area contributed by atoms with Gasteiger partial charge in [-0.25, -0.2) is 0 Å². The standard InChI is InChI=1S/C19H20N2O/c1-2-12-10-21-8-7-19-14-5-3-4-6-16(14)20-18(19)17(21)9-13(12)15(19)11-22/h2-6,11,13,15,17H,7-10H2,1H3/b12-2-/t13-,15-,17-,19-/m0/s1. The molecule has 0 aromatic heterocycles. The predicted octanol–water partition coefficient (Wildman–Crippen LogP) is 2.88. The fourth-order valence-corrected chi connectivity index (χ4v) is 5.55. The smallest absolute Gasteiger partial charge is 0.124 e. The van der Waals surface area contributed by atoms with E-state index in [2.05, 4.69) is 42.2 Å². The SMILES string of the molecule is C/C=C1/CN2CC[C@]34C(=Nc5ccccc53)[C@@H]2C[C@@H]1[C@@H]4C=O. The van der Waals surface area contributed by atoms with Gasteiger partial charge in [0.1, 0.15) is 6.29 Å². The minimum Gasteiger partial charge on any atom is -0.303 e. The van der Waals surface area contributed by atoms with Crippen molar-refractivity contribution in [2.24, 2.45) is 16.8 Å². The van der Waals surface area contributed by atoms with E-state index in [0.717, 1.165) is 31.6 Å². The number of nitrogens with zero attached hydrogens (tertiary/aromatic N) is 2. The lowest BCUT2D eigenvalue weighted by Gasteiger charge is -2.59. The molecular formula is C19H20N2O. The van der Waals surface area contributed by atoms with Crippen LogP contribution in [-0.2, 0) is 10.2 Å². The lowest BCUT2D eigenvalue weighted by Crippen LogP contribution is -2.67.